The molecule has 0 spiro atoms. The van der Waals surface area contributed by atoms with Crippen LogP contribution in [0.25, 0.3) is 0 Å². The standard InChI is InChI=1S/C19H21ClN2O2/c1-13(2)12-24-17-6-4-5-16(10-17)21-11-19(23)22-18-9-15(20)8-7-14(18)3/h4-10,21H,1,11-12H2,2-3H3,(H,22,23). The number of rotatable bonds is 7. The number of anilines is 2. The van der Waals surface area contributed by atoms with Gasteiger partial charge in [0.2, 0.25) is 5.91 Å². The molecule has 0 atom stereocenters. The molecule has 1 amide bonds. The number of carbonyl (C=O) groups is 1. The first kappa shape index (κ1) is 17.9. The Kier molecular flexibility index (Phi) is 6.27. The molecule has 0 fully saturated rings. The molecule has 126 valence electrons. The molecule has 0 aromatic heterocycles. The second-order valence-electron chi connectivity index (χ2n) is 5.63. The molecule has 0 unspecified atom stereocenters. The van der Waals surface area contributed by atoms with Crippen LogP contribution in [0.2, 0.25) is 5.02 Å². The fraction of sp³-hybridized carbons (Fsp3) is 0.211. The molecule has 0 aliphatic carbocycles. The number of benzene rings is 2. The lowest BCUT2D eigenvalue weighted by molar-refractivity contribution is -0.114. The number of aryl methyl sites for hydroxylation is 1. The van der Waals surface area contributed by atoms with Crippen LogP contribution in [-0.4, -0.2) is 19.1 Å². The first-order valence-electron chi connectivity index (χ1n) is 7.61. The number of hydrogen-bond acceptors (Lipinski definition) is 3. The Bertz CT molecular complexity index is 744. The van der Waals surface area contributed by atoms with Crippen LogP contribution < -0.4 is 15.4 Å². The molecular weight excluding hydrogens is 324 g/mol. The van der Waals surface area contributed by atoms with Crippen molar-refractivity contribution in [3.05, 3.63) is 65.2 Å². The molecule has 0 saturated heterocycles. The van der Waals surface area contributed by atoms with Crippen LogP contribution in [0.3, 0.4) is 0 Å². The molecule has 2 rings (SSSR count). The summed E-state index contributed by atoms with van der Waals surface area (Å²) in [4.78, 5) is 12.1. The zero-order chi connectivity index (χ0) is 17.5. The van der Waals surface area contributed by atoms with Crippen molar-refractivity contribution in [1.29, 1.82) is 0 Å². The minimum absolute atomic E-state index is 0.145. The molecule has 5 heteroatoms. The van der Waals surface area contributed by atoms with Crippen LogP contribution in [0.4, 0.5) is 11.4 Å². The van der Waals surface area contributed by atoms with Gasteiger partial charge in [0, 0.05) is 22.5 Å². The Balaban J connectivity index is 1.90. The summed E-state index contributed by atoms with van der Waals surface area (Å²) in [6.07, 6.45) is 0. The minimum Gasteiger partial charge on any atom is -0.489 e. The van der Waals surface area contributed by atoms with E-state index in [0.29, 0.717) is 17.3 Å². The van der Waals surface area contributed by atoms with E-state index < -0.39 is 0 Å². The van der Waals surface area contributed by atoms with Gasteiger partial charge in [0.15, 0.2) is 0 Å². The summed E-state index contributed by atoms with van der Waals surface area (Å²) in [6.45, 7) is 8.25. The predicted octanol–water partition coefficient (Wildman–Crippen LogP) is 4.65. The van der Waals surface area contributed by atoms with E-state index in [1.54, 1.807) is 12.1 Å². The Labute approximate surface area is 147 Å². The van der Waals surface area contributed by atoms with Crippen molar-refractivity contribution in [2.24, 2.45) is 0 Å². The Hall–Kier alpha value is -2.46. The van der Waals surface area contributed by atoms with Gasteiger partial charge < -0.3 is 15.4 Å². The summed E-state index contributed by atoms with van der Waals surface area (Å²) in [6, 6.07) is 12.9. The van der Waals surface area contributed by atoms with Crippen molar-refractivity contribution in [3.63, 3.8) is 0 Å². The van der Waals surface area contributed by atoms with Gasteiger partial charge in [-0.25, -0.2) is 0 Å². The van der Waals surface area contributed by atoms with E-state index in [4.69, 9.17) is 16.3 Å². The molecule has 0 saturated carbocycles. The van der Waals surface area contributed by atoms with Crippen molar-refractivity contribution in [2.75, 3.05) is 23.8 Å². The van der Waals surface area contributed by atoms with E-state index in [2.05, 4.69) is 17.2 Å². The quantitative estimate of drug-likeness (QED) is 0.718. The van der Waals surface area contributed by atoms with Gasteiger partial charge in [0.05, 0.1) is 6.54 Å². The summed E-state index contributed by atoms with van der Waals surface area (Å²) in [5, 5.41) is 6.52. The van der Waals surface area contributed by atoms with Crippen LogP contribution in [-0.2, 0) is 4.79 Å². The largest absolute Gasteiger partial charge is 0.489 e. The Morgan fingerprint density at radius 1 is 1.25 bits per heavy atom. The van der Waals surface area contributed by atoms with E-state index >= 15 is 0 Å². The molecule has 2 aromatic carbocycles. The van der Waals surface area contributed by atoms with E-state index in [0.717, 1.165) is 22.6 Å². The highest BCUT2D eigenvalue weighted by Gasteiger charge is 2.06. The zero-order valence-electron chi connectivity index (χ0n) is 13.9. The minimum atomic E-state index is -0.145. The van der Waals surface area contributed by atoms with E-state index in [-0.39, 0.29) is 12.5 Å². The van der Waals surface area contributed by atoms with Crippen molar-refractivity contribution in [3.8, 4) is 5.75 Å². The van der Waals surface area contributed by atoms with Gasteiger partial charge in [0.1, 0.15) is 12.4 Å². The second kappa shape index (κ2) is 8.41. The van der Waals surface area contributed by atoms with Crippen LogP contribution in [0, 0.1) is 6.92 Å². The predicted molar refractivity (Wildman–Crippen MR) is 100 cm³/mol. The second-order valence-corrected chi connectivity index (χ2v) is 6.07. The van der Waals surface area contributed by atoms with Crippen LogP contribution in [0.1, 0.15) is 12.5 Å². The van der Waals surface area contributed by atoms with Crippen LogP contribution in [0.15, 0.2) is 54.6 Å². The van der Waals surface area contributed by atoms with E-state index in [9.17, 15) is 4.79 Å². The zero-order valence-corrected chi connectivity index (χ0v) is 14.6. The van der Waals surface area contributed by atoms with Crippen LogP contribution in [0.5, 0.6) is 5.75 Å². The third-order valence-electron chi connectivity index (χ3n) is 3.25. The molecule has 0 bridgehead atoms. The monoisotopic (exact) mass is 344 g/mol. The summed E-state index contributed by atoms with van der Waals surface area (Å²) in [5.41, 5.74) is 3.44. The Morgan fingerprint density at radius 3 is 2.79 bits per heavy atom. The summed E-state index contributed by atoms with van der Waals surface area (Å²) in [7, 11) is 0. The highest BCUT2D eigenvalue weighted by atomic mass is 35.5. The normalized spacial score (nSPS) is 10.1. The number of ether oxygens (including phenoxy) is 1. The number of halogens is 1. The molecule has 0 aliphatic rings. The SMILES string of the molecule is C=C(C)COc1cccc(NCC(=O)Nc2cc(Cl)ccc2C)c1. The van der Waals surface area contributed by atoms with Crippen molar-refractivity contribution < 1.29 is 9.53 Å². The molecule has 2 N–H and O–H groups in total. The summed E-state index contributed by atoms with van der Waals surface area (Å²) >= 11 is 5.96. The molecule has 24 heavy (non-hydrogen) atoms. The van der Waals surface area contributed by atoms with Crippen molar-refractivity contribution >= 4 is 28.9 Å². The average molecular weight is 345 g/mol. The average Bonchev–Trinajstić information content (AvgIpc) is 2.55. The fourth-order valence-corrected chi connectivity index (χ4v) is 2.18. The fourth-order valence-electron chi connectivity index (χ4n) is 2.01. The molecule has 4 nitrogen and oxygen atoms in total. The van der Waals surface area contributed by atoms with Gasteiger partial charge in [0.25, 0.3) is 0 Å². The van der Waals surface area contributed by atoms with Crippen LogP contribution >= 0.6 is 11.6 Å². The van der Waals surface area contributed by atoms with E-state index in [1.165, 1.54) is 0 Å². The third-order valence-corrected chi connectivity index (χ3v) is 3.48. The van der Waals surface area contributed by atoms with Gasteiger partial charge in [-0.2, -0.15) is 0 Å². The number of nitrogens with one attached hydrogen (secondary N) is 2. The maximum Gasteiger partial charge on any atom is 0.243 e. The molecular formula is C19H21ClN2O2. The first-order valence-corrected chi connectivity index (χ1v) is 7.99. The summed E-state index contributed by atoms with van der Waals surface area (Å²) < 4.78 is 5.58. The number of hydrogen-bond donors (Lipinski definition) is 2. The van der Waals surface area contributed by atoms with Gasteiger partial charge in [-0.15, -0.1) is 0 Å². The van der Waals surface area contributed by atoms with Gasteiger partial charge in [-0.05, 0) is 49.2 Å². The maximum absolute atomic E-state index is 12.1. The number of carbonyl (C=O) groups excluding carboxylic acids is 1. The van der Waals surface area contributed by atoms with E-state index in [1.807, 2.05) is 44.2 Å². The topological polar surface area (TPSA) is 50.4 Å². The smallest absolute Gasteiger partial charge is 0.243 e. The lowest BCUT2D eigenvalue weighted by atomic mass is 10.2. The third kappa shape index (κ3) is 5.63. The summed E-state index contributed by atoms with van der Waals surface area (Å²) in [5.74, 6) is 0.586. The molecule has 0 aliphatic heterocycles. The maximum atomic E-state index is 12.1. The molecule has 2 aromatic rings. The van der Waals surface area contributed by atoms with Gasteiger partial charge >= 0.3 is 0 Å². The lowest BCUT2D eigenvalue weighted by Crippen LogP contribution is -2.22. The first-order chi connectivity index (χ1) is 11.4. The number of amides is 1. The van der Waals surface area contributed by atoms with Crippen molar-refractivity contribution in [1.82, 2.24) is 0 Å². The highest BCUT2D eigenvalue weighted by molar-refractivity contribution is 6.31. The van der Waals surface area contributed by atoms with Crippen molar-refractivity contribution in [2.45, 2.75) is 13.8 Å². The molecule has 0 heterocycles. The lowest BCUT2D eigenvalue weighted by Gasteiger charge is -2.11. The Morgan fingerprint density at radius 2 is 2.04 bits per heavy atom. The van der Waals surface area contributed by atoms with Gasteiger partial charge in [-0.3, -0.25) is 4.79 Å². The highest BCUT2D eigenvalue weighted by Crippen LogP contribution is 2.20. The van der Waals surface area contributed by atoms with Gasteiger partial charge in [-0.1, -0.05) is 30.3 Å². The molecule has 0 radical (unpaired) electrons.